The number of carbonyl (C=O) groups is 2. The number of benzene rings is 4. The van der Waals surface area contributed by atoms with E-state index in [4.69, 9.17) is 11.6 Å². The smallest absolute Gasteiger partial charge is 0.264 e. The number of sulfonamides is 1. The predicted octanol–water partition coefficient (Wildman–Crippen LogP) is 7.02. The number of anilines is 1. The van der Waals surface area contributed by atoms with Crippen LogP contribution >= 0.6 is 11.6 Å². The van der Waals surface area contributed by atoms with Crippen LogP contribution in [0, 0.1) is 20.8 Å². The van der Waals surface area contributed by atoms with Gasteiger partial charge in [-0.2, -0.15) is 0 Å². The fourth-order valence-corrected chi connectivity index (χ4v) is 6.80. The van der Waals surface area contributed by atoms with Crippen molar-refractivity contribution in [1.29, 1.82) is 0 Å². The topological polar surface area (TPSA) is 86.8 Å². The second-order valence-corrected chi connectivity index (χ2v) is 14.0. The van der Waals surface area contributed by atoms with Gasteiger partial charge in [-0.15, -0.1) is 0 Å². The number of amides is 2. The molecule has 0 fully saturated rings. The molecule has 0 saturated heterocycles. The maximum Gasteiger partial charge on any atom is 0.264 e. The summed E-state index contributed by atoms with van der Waals surface area (Å²) in [6, 6.07) is 27.6. The molecule has 242 valence electrons. The third-order valence-electron chi connectivity index (χ3n) is 8.20. The average Bonchev–Trinajstić information content (AvgIpc) is 3.04. The van der Waals surface area contributed by atoms with Crippen molar-refractivity contribution in [3.8, 4) is 0 Å². The van der Waals surface area contributed by atoms with Crippen molar-refractivity contribution < 1.29 is 18.0 Å². The zero-order valence-electron chi connectivity index (χ0n) is 27.0. The van der Waals surface area contributed by atoms with Crippen LogP contribution in [0.5, 0.6) is 0 Å². The van der Waals surface area contributed by atoms with Crippen LogP contribution in [0.15, 0.2) is 102 Å². The van der Waals surface area contributed by atoms with E-state index in [1.807, 2.05) is 82.3 Å². The molecule has 4 rings (SSSR count). The molecular weight excluding hydrogens is 618 g/mol. The van der Waals surface area contributed by atoms with Gasteiger partial charge >= 0.3 is 0 Å². The van der Waals surface area contributed by atoms with Gasteiger partial charge < -0.3 is 10.2 Å². The first-order valence-corrected chi connectivity index (χ1v) is 17.3. The molecule has 0 spiro atoms. The van der Waals surface area contributed by atoms with Gasteiger partial charge in [0.25, 0.3) is 10.0 Å². The van der Waals surface area contributed by atoms with Gasteiger partial charge in [-0.25, -0.2) is 8.42 Å². The van der Waals surface area contributed by atoms with Gasteiger partial charge in [0.05, 0.1) is 10.6 Å². The zero-order valence-corrected chi connectivity index (χ0v) is 28.6. The Morgan fingerprint density at radius 3 is 2.15 bits per heavy atom. The van der Waals surface area contributed by atoms with Crippen LogP contribution in [-0.4, -0.2) is 43.8 Å². The van der Waals surface area contributed by atoms with Gasteiger partial charge in [-0.1, -0.05) is 96.9 Å². The first-order valence-electron chi connectivity index (χ1n) is 15.4. The molecule has 2 atom stereocenters. The lowest BCUT2D eigenvalue weighted by atomic mass is 10.0. The van der Waals surface area contributed by atoms with Crippen molar-refractivity contribution in [3.63, 3.8) is 0 Å². The molecule has 0 heterocycles. The Morgan fingerprint density at radius 2 is 1.50 bits per heavy atom. The highest BCUT2D eigenvalue weighted by atomic mass is 35.5. The van der Waals surface area contributed by atoms with Gasteiger partial charge in [0.15, 0.2) is 0 Å². The number of hydrogen-bond donors (Lipinski definition) is 1. The molecule has 0 unspecified atom stereocenters. The van der Waals surface area contributed by atoms with Crippen LogP contribution in [0.25, 0.3) is 0 Å². The van der Waals surface area contributed by atoms with Crippen LogP contribution in [0.1, 0.15) is 48.1 Å². The highest BCUT2D eigenvalue weighted by Gasteiger charge is 2.35. The normalized spacial score (nSPS) is 12.7. The molecule has 0 aliphatic rings. The molecule has 2 amide bonds. The lowest BCUT2D eigenvalue weighted by Crippen LogP contribution is -2.54. The molecule has 0 saturated carbocycles. The minimum Gasteiger partial charge on any atom is -0.352 e. The number of nitrogens with zero attached hydrogens (tertiary/aromatic N) is 2. The van der Waals surface area contributed by atoms with Crippen LogP contribution < -0.4 is 9.62 Å². The molecule has 46 heavy (non-hydrogen) atoms. The quantitative estimate of drug-likeness (QED) is 0.167. The SMILES string of the molecule is CC[C@@H](C)NC(=O)[C@H](Cc1ccccc1)N(Cc1ccccc1C)C(=O)CN(c1cc(Cl)ccc1C)S(=O)(=O)c1ccc(C)cc1. The van der Waals surface area contributed by atoms with E-state index in [9.17, 15) is 18.0 Å². The van der Waals surface area contributed by atoms with E-state index in [2.05, 4.69) is 5.32 Å². The Bertz CT molecular complexity index is 1760. The molecule has 0 bridgehead atoms. The van der Waals surface area contributed by atoms with Crippen molar-refractivity contribution in [2.45, 2.75) is 71.0 Å². The van der Waals surface area contributed by atoms with Crippen molar-refractivity contribution in [2.24, 2.45) is 0 Å². The first kappa shape index (κ1) is 34.7. The molecule has 0 radical (unpaired) electrons. The van der Waals surface area contributed by atoms with Crippen LogP contribution in [0.2, 0.25) is 5.02 Å². The Morgan fingerprint density at radius 1 is 0.848 bits per heavy atom. The fraction of sp³-hybridized carbons (Fsp3) is 0.297. The molecule has 4 aromatic rings. The Balaban J connectivity index is 1.85. The number of nitrogens with one attached hydrogen (secondary N) is 1. The minimum absolute atomic E-state index is 0.0473. The average molecular weight is 660 g/mol. The van der Waals surface area contributed by atoms with E-state index in [0.29, 0.717) is 22.7 Å². The van der Waals surface area contributed by atoms with E-state index in [0.717, 1.165) is 26.6 Å². The highest BCUT2D eigenvalue weighted by molar-refractivity contribution is 7.92. The second kappa shape index (κ2) is 15.4. The fourth-order valence-electron chi connectivity index (χ4n) is 5.17. The molecule has 7 nitrogen and oxygen atoms in total. The maximum atomic E-state index is 14.7. The molecular formula is C37H42ClN3O4S. The molecule has 9 heteroatoms. The predicted molar refractivity (Wildman–Crippen MR) is 185 cm³/mol. The lowest BCUT2D eigenvalue weighted by molar-refractivity contribution is -0.140. The number of hydrogen-bond acceptors (Lipinski definition) is 4. The zero-order chi connectivity index (χ0) is 33.4. The molecule has 0 aromatic heterocycles. The number of aryl methyl sites for hydroxylation is 3. The second-order valence-electron chi connectivity index (χ2n) is 11.7. The van der Waals surface area contributed by atoms with E-state index in [-0.39, 0.29) is 29.8 Å². The van der Waals surface area contributed by atoms with E-state index in [1.165, 1.54) is 17.0 Å². The monoisotopic (exact) mass is 659 g/mol. The van der Waals surface area contributed by atoms with E-state index < -0.39 is 28.5 Å². The summed E-state index contributed by atoms with van der Waals surface area (Å²) in [6.07, 6.45) is 0.966. The summed E-state index contributed by atoms with van der Waals surface area (Å²) in [7, 11) is -4.22. The molecule has 4 aromatic carbocycles. The summed E-state index contributed by atoms with van der Waals surface area (Å²) in [5.41, 5.74) is 4.52. The third-order valence-corrected chi connectivity index (χ3v) is 10.2. The van der Waals surface area contributed by atoms with Crippen LogP contribution in [0.3, 0.4) is 0 Å². The number of rotatable bonds is 13. The largest absolute Gasteiger partial charge is 0.352 e. The Kier molecular flexibility index (Phi) is 11.7. The van der Waals surface area contributed by atoms with Gasteiger partial charge in [0, 0.05) is 24.0 Å². The van der Waals surface area contributed by atoms with E-state index in [1.54, 1.807) is 37.3 Å². The van der Waals surface area contributed by atoms with E-state index >= 15 is 0 Å². The summed E-state index contributed by atoms with van der Waals surface area (Å²) in [5, 5.41) is 3.40. The van der Waals surface area contributed by atoms with Crippen molar-refractivity contribution in [3.05, 3.63) is 130 Å². The maximum absolute atomic E-state index is 14.7. The highest BCUT2D eigenvalue weighted by Crippen LogP contribution is 2.30. The number of carbonyl (C=O) groups excluding carboxylic acids is 2. The van der Waals surface area contributed by atoms with Crippen LogP contribution in [0.4, 0.5) is 5.69 Å². The summed E-state index contributed by atoms with van der Waals surface area (Å²) in [6.45, 7) is 9.08. The van der Waals surface area contributed by atoms with Gasteiger partial charge in [0.1, 0.15) is 12.6 Å². The molecule has 1 N–H and O–H groups in total. The lowest BCUT2D eigenvalue weighted by Gasteiger charge is -2.35. The molecule has 0 aliphatic heterocycles. The van der Waals surface area contributed by atoms with Crippen molar-refractivity contribution in [2.75, 3.05) is 10.8 Å². The molecule has 0 aliphatic carbocycles. The van der Waals surface area contributed by atoms with Crippen LogP contribution in [-0.2, 0) is 32.6 Å². The van der Waals surface area contributed by atoms with Gasteiger partial charge in [-0.05, 0) is 80.6 Å². The Hall–Kier alpha value is -4.14. The summed E-state index contributed by atoms with van der Waals surface area (Å²) in [5.74, 6) is -0.814. The third kappa shape index (κ3) is 8.56. The standard InChI is InChI=1S/C37H42ClN3O4S/c1-6-29(5)39-37(43)35(22-30-13-8-7-9-14-30)40(24-31-15-11-10-12-27(31)3)36(42)25-41(34-23-32(38)19-18-28(34)4)46(44,45)33-20-16-26(2)17-21-33/h7-21,23,29,35H,6,22,24-25H2,1-5H3,(H,39,43)/t29-,35+/m1/s1. The van der Waals surface area contributed by atoms with Crippen molar-refractivity contribution in [1.82, 2.24) is 10.2 Å². The van der Waals surface area contributed by atoms with Gasteiger partial charge in [-0.3, -0.25) is 13.9 Å². The van der Waals surface area contributed by atoms with Gasteiger partial charge in [0.2, 0.25) is 11.8 Å². The summed E-state index contributed by atoms with van der Waals surface area (Å²) in [4.78, 5) is 30.2. The Labute approximate surface area is 278 Å². The first-order chi connectivity index (χ1) is 21.9. The minimum atomic E-state index is -4.22. The van der Waals surface area contributed by atoms with Crippen molar-refractivity contribution >= 4 is 39.1 Å². The summed E-state index contributed by atoms with van der Waals surface area (Å²) < 4.78 is 29.7. The number of halogens is 1. The summed E-state index contributed by atoms with van der Waals surface area (Å²) >= 11 is 6.38.